The predicted molar refractivity (Wildman–Crippen MR) is 95.5 cm³/mol. The first kappa shape index (κ1) is 15.1. The standard InChI is InChI=1S/C10H2N10S5/c1-11-13-3(21-1)5-15-17-7(23-5)9-19-20-10(25-9)8-18-16-6(24-8)4-14-12-2-22-4/h1-2H. The van der Waals surface area contributed by atoms with Crippen LogP contribution in [0.25, 0.3) is 40.1 Å². The summed E-state index contributed by atoms with van der Waals surface area (Å²) in [5.41, 5.74) is 3.31. The number of hydrogen-bond donors (Lipinski definition) is 0. The van der Waals surface area contributed by atoms with E-state index in [2.05, 4.69) is 51.0 Å². The molecule has 0 spiro atoms. The Labute approximate surface area is 158 Å². The second kappa shape index (κ2) is 6.26. The number of hydrogen-bond acceptors (Lipinski definition) is 15. The van der Waals surface area contributed by atoms with Crippen LogP contribution < -0.4 is 0 Å². The molecule has 0 saturated heterocycles. The molecule has 0 aliphatic carbocycles. The molecule has 0 aliphatic heterocycles. The Morgan fingerprint density at radius 3 is 1.00 bits per heavy atom. The Kier molecular flexibility index (Phi) is 3.78. The summed E-state index contributed by atoms with van der Waals surface area (Å²) in [6, 6.07) is 0. The molecular weight excluding hydrogens is 421 g/mol. The molecule has 0 saturated carbocycles. The zero-order valence-electron chi connectivity index (χ0n) is 11.7. The van der Waals surface area contributed by atoms with Gasteiger partial charge in [0.1, 0.15) is 11.0 Å². The zero-order valence-corrected chi connectivity index (χ0v) is 15.8. The molecule has 0 bridgehead atoms. The predicted octanol–water partition coefficient (Wildman–Crippen LogP) is 2.61. The topological polar surface area (TPSA) is 129 Å². The van der Waals surface area contributed by atoms with E-state index in [-0.39, 0.29) is 0 Å². The van der Waals surface area contributed by atoms with Crippen LogP contribution >= 0.6 is 56.7 Å². The third-order valence-electron chi connectivity index (χ3n) is 2.73. The molecule has 0 fully saturated rings. The third kappa shape index (κ3) is 2.85. The van der Waals surface area contributed by atoms with Crippen molar-refractivity contribution in [3.05, 3.63) is 11.0 Å². The SMILES string of the molecule is c1nnc(-c2nnc(-c3nnc(-c4nnc(-c5nncs5)s4)s3)s2)s1. The summed E-state index contributed by atoms with van der Waals surface area (Å²) < 4.78 is 0. The number of nitrogens with zero attached hydrogens (tertiary/aromatic N) is 10. The van der Waals surface area contributed by atoms with E-state index in [9.17, 15) is 0 Å². The first-order valence-electron chi connectivity index (χ1n) is 6.41. The van der Waals surface area contributed by atoms with Gasteiger partial charge in [-0.05, 0) is 0 Å². The van der Waals surface area contributed by atoms with Gasteiger partial charge < -0.3 is 0 Å². The van der Waals surface area contributed by atoms with E-state index >= 15 is 0 Å². The molecule has 0 aromatic carbocycles. The van der Waals surface area contributed by atoms with Crippen LogP contribution in [0.4, 0.5) is 0 Å². The van der Waals surface area contributed by atoms with Crippen molar-refractivity contribution in [2.45, 2.75) is 0 Å². The molecule has 0 radical (unpaired) electrons. The van der Waals surface area contributed by atoms with Gasteiger partial charge in [0.2, 0.25) is 0 Å². The maximum Gasteiger partial charge on any atom is 0.179 e. The molecule has 122 valence electrons. The van der Waals surface area contributed by atoms with Crippen molar-refractivity contribution in [2.75, 3.05) is 0 Å². The first-order valence-corrected chi connectivity index (χ1v) is 10.6. The van der Waals surface area contributed by atoms with Crippen LogP contribution in [-0.4, -0.2) is 51.0 Å². The van der Waals surface area contributed by atoms with Crippen LogP contribution in [0.3, 0.4) is 0 Å². The van der Waals surface area contributed by atoms with Gasteiger partial charge in [-0.3, -0.25) is 0 Å². The lowest BCUT2D eigenvalue weighted by Gasteiger charge is -1.83. The van der Waals surface area contributed by atoms with Crippen molar-refractivity contribution in [3.63, 3.8) is 0 Å². The van der Waals surface area contributed by atoms with Gasteiger partial charge in [-0.2, -0.15) is 0 Å². The minimum atomic E-state index is 0.677. The highest BCUT2D eigenvalue weighted by Crippen LogP contribution is 2.36. The van der Waals surface area contributed by atoms with E-state index in [0.717, 1.165) is 10.0 Å². The van der Waals surface area contributed by atoms with Gasteiger partial charge in [-0.25, -0.2) is 0 Å². The highest BCUT2D eigenvalue weighted by atomic mass is 32.1. The lowest BCUT2D eigenvalue weighted by molar-refractivity contribution is 1.04. The largest absolute Gasteiger partial charge is 0.179 e. The zero-order chi connectivity index (χ0) is 16.6. The fourth-order valence-electron chi connectivity index (χ4n) is 1.72. The molecule has 0 amide bonds. The normalized spacial score (nSPS) is 11.2. The molecule has 0 aliphatic rings. The number of rotatable bonds is 4. The van der Waals surface area contributed by atoms with E-state index in [0.29, 0.717) is 30.0 Å². The third-order valence-corrected chi connectivity index (χ3v) is 7.45. The number of aromatic nitrogens is 10. The molecule has 0 N–H and O–H groups in total. The van der Waals surface area contributed by atoms with Gasteiger partial charge >= 0.3 is 0 Å². The second-order valence-electron chi connectivity index (χ2n) is 4.22. The highest BCUT2D eigenvalue weighted by Gasteiger charge is 2.18. The molecule has 25 heavy (non-hydrogen) atoms. The molecule has 15 heteroatoms. The average Bonchev–Trinajstić information content (AvgIpc) is 3.48. The van der Waals surface area contributed by atoms with Gasteiger partial charge in [-0.15, -0.1) is 51.0 Å². The maximum absolute atomic E-state index is 4.19. The molecular formula is C10H2N10S5. The Morgan fingerprint density at radius 1 is 0.400 bits per heavy atom. The molecule has 5 heterocycles. The average molecular weight is 423 g/mol. The smallest absolute Gasteiger partial charge is 0.147 e. The quantitative estimate of drug-likeness (QED) is 0.426. The first-order chi connectivity index (χ1) is 12.4. The van der Waals surface area contributed by atoms with Crippen LogP contribution in [0.1, 0.15) is 0 Å². The molecule has 10 nitrogen and oxygen atoms in total. The van der Waals surface area contributed by atoms with E-state index in [1.807, 2.05) is 0 Å². The summed E-state index contributed by atoms with van der Waals surface area (Å²) in [5, 5.41) is 46.2. The fourth-order valence-corrected chi connectivity index (χ4v) is 5.43. The highest BCUT2D eigenvalue weighted by molar-refractivity contribution is 7.28. The summed E-state index contributed by atoms with van der Waals surface area (Å²) in [5.74, 6) is 0. The Morgan fingerprint density at radius 2 is 0.720 bits per heavy atom. The van der Waals surface area contributed by atoms with Gasteiger partial charge in [0.15, 0.2) is 40.1 Å². The van der Waals surface area contributed by atoms with E-state index < -0.39 is 0 Å². The summed E-state index contributed by atoms with van der Waals surface area (Å²) in [7, 11) is 0. The van der Waals surface area contributed by atoms with Crippen LogP contribution in [0.15, 0.2) is 11.0 Å². The van der Waals surface area contributed by atoms with Crippen LogP contribution in [0.5, 0.6) is 0 Å². The summed E-state index contributed by atoms with van der Waals surface area (Å²) in [6.07, 6.45) is 0. The Hall–Kier alpha value is -2.20. The van der Waals surface area contributed by atoms with Gasteiger partial charge in [0.25, 0.3) is 0 Å². The van der Waals surface area contributed by atoms with Crippen LogP contribution in [0.2, 0.25) is 0 Å². The van der Waals surface area contributed by atoms with Gasteiger partial charge in [0.05, 0.1) is 0 Å². The van der Waals surface area contributed by atoms with Crippen molar-refractivity contribution in [3.8, 4) is 40.1 Å². The Balaban J connectivity index is 1.44. The van der Waals surface area contributed by atoms with E-state index in [4.69, 9.17) is 0 Å². The minimum Gasteiger partial charge on any atom is -0.147 e. The minimum absolute atomic E-state index is 0.677. The van der Waals surface area contributed by atoms with Gasteiger partial charge in [-0.1, -0.05) is 56.7 Å². The molecule has 5 aromatic heterocycles. The van der Waals surface area contributed by atoms with Crippen molar-refractivity contribution in [2.24, 2.45) is 0 Å². The summed E-state index contributed by atoms with van der Waals surface area (Å²) >= 11 is 7.02. The molecule has 5 rings (SSSR count). The summed E-state index contributed by atoms with van der Waals surface area (Å²) in [4.78, 5) is 0. The maximum atomic E-state index is 4.19. The van der Waals surface area contributed by atoms with Crippen LogP contribution in [-0.2, 0) is 0 Å². The van der Waals surface area contributed by atoms with Crippen molar-refractivity contribution >= 4 is 56.7 Å². The molecule has 0 unspecified atom stereocenters. The van der Waals surface area contributed by atoms with Crippen molar-refractivity contribution < 1.29 is 0 Å². The van der Waals surface area contributed by atoms with E-state index in [1.54, 1.807) is 11.0 Å². The van der Waals surface area contributed by atoms with Crippen molar-refractivity contribution in [1.29, 1.82) is 0 Å². The lowest BCUT2D eigenvalue weighted by atomic mass is 10.7. The Bertz CT molecular complexity index is 1020. The van der Waals surface area contributed by atoms with Gasteiger partial charge in [0, 0.05) is 0 Å². The monoisotopic (exact) mass is 422 g/mol. The van der Waals surface area contributed by atoms with Crippen LogP contribution in [0, 0.1) is 0 Å². The van der Waals surface area contributed by atoms with E-state index in [1.165, 1.54) is 56.7 Å². The lowest BCUT2D eigenvalue weighted by Crippen LogP contribution is -1.77. The molecule has 0 atom stereocenters. The summed E-state index contributed by atoms with van der Waals surface area (Å²) in [6.45, 7) is 0. The fraction of sp³-hybridized carbons (Fsp3) is 0. The molecule has 5 aromatic rings. The second-order valence-corrected chi connectivity index (χ2v) is 8.82. The van der Waals surface area contributed by atoms with Crippen molar-refractivity contribution in [1.82, 2.24) is 51.0 Å².